The second-order valence-electron chi connectivity index (χ2n) is 3.99. The molecule has 0 amide bonds. The highest BCUT2D eigenvalue weighted by atomic mass is 16.5. The largest absolute Gasteiger partial charge is 0.399 e. The van der Waals surface area contributed by atoms with E-state index in [-0.39, 0.29) is 0 Å². The number of hydrogen-bond donors (Lipinski definition) is 1. The van der Waals surface area contributed by atoms with E-state index in [9.17, 15) is 0 Å². The first-order valence-electron chi connectivity index (χ1n) is 5.65. The third-order valence-corrected chi connectivity index (χ3v) is 2.67. The molecular weight excluding hydrogens is 214 g/mol. The molecule has 0 aliphatic carbocycles. The van der Waals surface area contributed by atoms with E-state index >= 15 is 0 Å². The number of aromatic nitrogens is 2. The van der Waals surface area contributed by atoms with Crippen LogP contribution in [0.3, 0.4) is 0 Å². The first-order chi connectivity index (χ1) is 8.25. The van der Waals surface area contributed by atoms with E-state index in [0.29, 0.717) is 13.2 Å². The van der Waals surface area contributed by atoms with Gasteiger partial charge in [-0.05, 0) is 23.8 Å². The van der Waals surface area contributed by atoms with Crippen LogP contribution in [-0.4, -0.2) is 16.4 Å². The number of aryl methyl sites for hydroxylation is 1. The second kappa shape index (κ2) is 5.50. The number of anilines is 1. The molecule has 1 aromatic heterocycles. The maximum absolute atomic E-state index is 5.61. The molecular formula is C13H17N3O. The first kappa shape index (κ1) is 11.7. The van der Waals surface area contributed by atoms with Crippen molar-refractivity contribution in [3.8, 4) is 0 Å². The smallest absolute Gasteiger partial charge is 0.0717 e. The lowest BCUT2D eigenvalue weighted by atomic mass is 10.2. The first-order valence-corrected chi connectivity index (χ1v) is 5.65. The van der Waals surface area contributed by atoms with Crippen LogP contribution < -0.4 is 5.73 Å². The molecule has 4 nitrogen and oxygen atoms in total. The molecule has 2 rings (SSSR count). The van der Waals surface area contributed by atoms with Crippen molar-refractivity contribution in [2.45, 2.75) is 13.0 Å². The van der Waals surface area contributed by atoms with Gasteiger partial charge in [0.25, 0.3) is 0 Å². The predicted molar refractivity (Wildman–Crippen MR) is 67.4 cm³/mol. The van der Waals surface area contributed by atoms with Crippen molar-refractivity contribution >= 4 is 5.69 Å². The summed E-state index contributed by atoms with van der Waals surface area (Å²) in [4.78, 5) is 0. The van der Waals surface area contributed by atoms with Gasteiger partial charge in [-0.1, -0.05) is 12.1 Å². The van der Waals surface area contributed by atoms with Crippen molar-refractivity contribution in [3.05, 3.63) is 47.8 Å². The summed E-state index contributed by atoms with van der Waals surface area (Å²) in [5, 5.41) is 4.11. The summed E-state index contributed by atoms with van der Waals surface area (Å²) in [6.07, 6.45) is 2.68. The fourth-order valence-electron chi connectivity index (χ4n) is 1.63. The lowest BCUT2D eigenvalue weighted by molar-refractivity contribution is 0.122. The summed E-state index contributed by atoms with van der Waals surface area (Å²) in [7, 11) is 1.94. The molecule has 1 aromatic carbocycles. The molecule has 0 bridgehead atoms. The molecule has 0 atom stereocenters. The van der Waals surface area contributed by atoms with Crippen LogP contribution in [0.15, 0.2) is 36.5 Å². The molecule has 0 aliphatic rings. The van der Waals surface area contributed by atoms with E-state index in [1.165, 1.54) is 5.69 Å². The van der Waals surface area contributed by atoms with Gasteiger partial charge in [0.1, 0.15) is 0 Å². The van der Waals surface area contributed by atoms with E-state index in [2.05, 4.69) is 5.10 Å². The highest BCUT2D eigenvalue weighted by molar-refractivity contribution is 5.39. The normalized spacial score (nSPS) is 10.6. The Labute approximate surface area is 101 Å². The van der Waals surface area contributed by atoms with Crippen LogP contribution in [0.4, 0.5) is 5.69 Å². The Morgan fingerprint density at radius 1 is 1.24 bits per heavy atom. The number of nitrogen functional groups attached to an aromatic ring is 1. The highest BCUT2D eigenvalue weighted by Crippen LogP contribution is 2.07. The van der Waals surface area contributed by atoms with Gasteiger partial charge in [-0.3, -0.25) is 4.68 Å². The van der Waals surface area contributed by atoms with Crippen LogP contribution in [0.25, 0.3) is 0 Å². The van der Waals surface area contributed by atoms with Gasteiger partial charge >= 0.3 is 0 Å². The Kier molecular flexibility index (Phi) is 3.77. The number of nitrogens with zero attached hydrogens (tertiary/aromatic N) is 2. The standard InChI is InChI=1S/C13H17N3O/c1-16-13(6-8-15-16)7-9-17-10-11-2-4-12(14)5-3-11/h2-6,8H,7,9-10,14H2,1H3. The summed E-state index contributed by atoms with van der Waals surface area (Å²) < 4.78 is 7.47. The topological polar surface area (TPSA) is 53.1 Å². The zero-order chi connectivity index (χ0) is 12.1. The van der Waals surface area contributed by atoms with Gasteiger partial charge in [-0.25, -0.2) is 0 Å². The van der Waals surface area contributed by atoms with Crippen LogP contribution in [0.2, 0.25) is 0 Å². The van der Waals surface area contributed by atoms with Crippen molar-refractivity contribution in [3.63, 3.8) is 0 Å². The monoisotopic (exact) mass is 231 g/mol. The van der Waals surface area contributed by atoms with Crippen LogP contribution >= 0.6 is 0 Å². The van der Waals surface area contributed by atoms with Gasteiger partial charge in [-0.2, -0.15) is 5.10 Å². The average molecular weight is 231 g/mol. The number of ether oxygens (including phenoxy) is 1. The van der Waals surface area contributed by atoms with Crippen LogP contribution in [-0.2, 0) is 24.8 Å². The molecule has 1 heterocycles. The third kappa shape index (κ3) is 3.32. The Morgan fingerprint density at radius 3 is 2.65 bits per heavy atom. The summed E-state index contributed by atoms with van der Waals surface area (Å²) in [5.41, 5.74) is 8.72. The Morgan fingerprint density at radius 2 is 2.00 bits per heavy atom. The molecule has 0 saturated carbocycles. The van der Waals surface area contributed by atoms with Gasteiger partial charge < -0.3 is 10.5 Å². The minimum Gasteiger partial charge on any atom is -0.399 e. The van der Waals surface area contributed by atoms with Crippen LogP contribution in [0, 0.1) is 0 Å². The highest BCUT2D eigenvalue weighted by Gasteiger charge is 1.98. The van der Waals surface area contributed by atoms with Crippen molar-refractivity contribution in [2.75, 3.05) is 12.3 Å². The molecule has 2 aromatic rings. The number of benzene rings is 1. The molecule has 0 fully saturated rings. The van der Waals surface area contributed by atoms with Crippen LogP contribution in [0.1, 0.15) is 11.3 Å². The number of rotatable bonds is 5. The number of hydrogen-bond acceptors (Lipinski definition) is 3. The number of nitrogens with two attached hydrogens (primary N) is 1. The molecule has 0 saturated heterocycles. The fourth-order valence-corrected chi connectivity index (χ4v) is 1.63. The zero-order valence-corrected chi connectivity index (χ0v) is 9.97. The molecule has 0 spiro atoms. The molecule has 0 aliphatic heterocycles. The van der Waals surface area contributed by atoms with Gasteiger partial charge in [-0.15, -0.1) is 0 Å². The minimum absolute atomic E-state index is 0.623. The van der Waals surface area contributed by atoms with Crippen LogP contribution in [0.5, 0.6) is 0 Å². The maximum atomic E-state index is 5.61. The molecule has 17 heavy (non-hydrogen) atoms. The zero-order valence-electron chi connectivity index (χ0n) is 9.97. The minimum atomic E-state index is 0.623. The molecule has 0 radical (unpaired) electrons. The predicted octanol–water partition coefficient (Wildman–Crippen LogP) is 1.76. The van der Waals surface area contributed by atoms with Crippen molar-refractivity contribution in [1.29, 1.82) is 0 Å². The van der Waals surface area contributed by atoms with E-state index in [0.717, 1.165) is 17.7 Å². The van der Waals surface area contributed by atoms with Crippen molar-refractivity contribution < 1.29 is 4.74 Å². The van der Waals surface area contributed by atoms with E-state index in [4.69, 9.17) is 10.5 Å². The van der Waals surface area contributed by atoms with Gasteiger partial charge in [0.05, 0.1) is 13.2 Å². The van der Waals surface area contributed by atoms with Gasteiger partial charge in [0.15, 0.2) is 0 Å². The summed E-state index contributed by atoms with van der Waals surface area (Å²) >= 11 is 0. The lowest BCUT2D eigenvalue weighted by Gasteiger charge is -2.05. The molecule has 90 valence electrons. The summed E-state index contributed by atoms with van der Waals surface area (Å²) in [5.74, 6) is 0. The average Bonchev–Trinajstić information content (AvgIpc) is 2.73. The molecule has 2 N–H and O–H groups in total. The van der Waals surface area contributed by atoms with Gasteiger partial charge in [0, 0.05) is 31.0 Å². The Balaban J connectivity index is 1.73. The van der Waals surface area contributed by atoms with Crippen molar-refractivity contribution in [1.82, 2.24) is 9.78 Å². The SMILES string of the molecule is Cn1nccc1CCOCc1ccc(N)cc1. The third-order valence-electron chi connectivity index (χ3n) is 2.67. The Hall–Kier alpha value is -1.81. The molecule has 4 heteroatoms. The van der Waals surface area contributed by atoms with E-state index in [1.807, 2.05) is 42.1 Å². The summed E-state index contributed by atoms with van der Waals surface area (Å²) in [6.45, 7) is 1.32. The molecule has 0 unspecified atom stereocenters. The lowest BCUT2D eigenvalue weighted by Crippen LogP contribution is -2.04. The van der Waals surface area contributed by atoms with Gasteiger partial charge in [0.2, 0.25) is 0 Å². The van der Waals surface area contributed by atoms with E-state index in [1.54, 1.807) is 6.20 Å². The van der Waals surface area contributed by atoms with Crippen molar-refractivity contribution in [2.24, 2.45) is 7.05 Å². The Bertz CT molecular complexity index is 462. The van der Waals surface area contributed by atoms with E-state index < -0.39 is 0 Å². The maximum Gasteiger partial charge on any atom is 0.0717 e. The quantitative estimate of drug-likeness (QED) is 0.630. The second-order valence-corrected chi connectivity index (χ2v) is 3.99. The fraction of sp³-hybridized carbons (Fsp3) is 0.308. The summed E-state index contributed by atoms with van der Waals surface area (Å²) in [6, 6.07) is 9.75.